The molecule has 2 atom stereocenters. The molecule has 22 heavy (non-hydrogen) atoms. The van der Waals surface area contributed by atoms with Crippen molar-refractivity contribution < 1.29 is 9.47 Å². The van der Waals surface area contributed by atoms with Gasteiger partial charge in [-0.15, -0.1) is 0 Å². The molecule has 1 aromatic carbocycles. The van der Waals surface area contributed by atoms with E-state index in [1.807, 2.05) is 6.07 Å². The van der Waals surface area contributed by atoms with Crippen LogP contribution in [-0.4, -0.2) is 44.3 Å². The van der Waals surface area contributed by atoms with Gasteiger partial charge in [-0.1, -0.05) is 11.6 Å². The minimum Gasteiger partial charge on any atom is -0.489 e. The normalized spacial score (nSPS) is 28.2. The summed E-state index contributed by atoms with van der Waals surface area (Å²) in [6.07, 6.45) is 2.21. The molecule has 5 heteroatoms. The maximum Gasteiger partial charge on any atom is 0.179 e. The Morgan fingerprint density at radius 2 is 2.05 bits per heavy atom. The van der Waals surface area contributed by atoms with Crippen LogP contribution < -0.4 is 14.8 Å². The number of nitrogens with one attached hydrogen (secondary N) is 1. The molecule has 0 spiro atoms. The van der Waals surface area contributed by atoms with Crippen molar-refractivity contribution in [1.29, 1.82) is 0 Å². The predicted molar refractivity (Wildman–Crippen MR) is 86.8 cm³/mol. The van der Waals surface area contributed by atoms with Gasteiger partial charge in [0.15, 0.2) is 11.5 Å². The Labute approximate surface area is 136 Å². The number of piperidine rings is 1. The number of nitrogens with zero attached hydrogens (tertiary/aromatic N) is 1. The van der Waals surface area contributed by atoms with E-state index in [1.165, 1.54) is 38.2 Å². The Balaban J connectivity index is 1.48. The summed E-state index contributed by atoms with van der Waals surface area (Å²) in [5.74, 6) is 3.20. The van der Waals surface area contributed by atoms with E-state index >= 15 is 0 Å². The Kier molecular flexibility index (Phi) is 4.16. The summed E-state index contributed by atoms with van der Waals surface area (Å²) in [7, 11) is 0. The summed E-state index contributed by atoms with van der Waals surface area (Å²) in [5.41, 5.74) is 1.22. The average Bonchev–Trinajstić information content (AvgIpc) is 2.83. The van der Waals surface area contributed by atoms with Gasteiger partial charge in [-0.2, -0.15) is 0 Å². The van der Waals surface area contributed by atoms with E-state index in [2.05, 4.69) is 16.3 Å². The van der Waals surface area contributed by atoms with Gasteiger partial charge in [0.2, 0.25) is 0 Å². The highest BCUT2D eigenvalue weighted by molar-refractivity contribution is 6.32. The molecule has 3 heterocycles. The highest BCUT2D eigenvalue weighted by atomic mass is 35.5. The lowest BCUT2D eigenvalue weighted by Crippen LogP contribution is -2.39. The van der Waals surface area contributed by atoms with E-state index in [9.17, 15) is 0 Å². The van der Waals surface area contributed by atoms with Crippen LogP contribution >= 0.6 is 11.6 Å². The van der Waals surface area contributed by atoms with Crippen molar-refractivity contribution in [3.8, 4) is 11.5 Å². The first-order valence-corrected chi connectivity index (χ1v) is 8.68. The first-order valence-electron chi connectivity index (χ1n) is 8.30. The number of fused-ring (bicyclic) bond motifs is 2. The van der Waals surface area contributed by atoms with Crippen LogP contribution in [0.3, 0.4) is 0 Å². The molecule has 0 amide bonds. The molecule has 0 aliphatic carbocycles. The minimum absolute atomic E-state index is 0.673. The molecule has 2 unspecified atom stereocenters. The lowest BCUT2D eigenvalue weighted by Gasteiger charge is -2.34. The van der Waals surface area contributed by atoms with Crippen molar-refractivity contribution in [2.75, 3.05) is 39.4 Å². The largest absolute Gasteiger partial charge is 0.489 e. The van der Waals surface area contributed by atoms with Crippen LogP contribution in [0, 0.1) is 11.8 Å². The summed E-state index contributed by atoms with van der Waals surface area (Å²) in [6, 6.07) is 4.14. The lowest BCUT2D eigenvalue weighted by atomic mass is 9.88. The lowest BCUT2D eigenvalue weighted by molar-refractivity contribution is 0.142. The van der Waals surface area contributed by atoms with Crippen molar-refractivity contribution in [3.63, 3.8) is 0 Å². The third kappa shape index (κ3) is 2.92. The quantitative estimate of drug-likeness (QED) is 0.907. The molecule has 2 saturated heterocycles. The van der Waals surface area contributed by atoms with Crippen LogP contribution in [0.1, 0.15) is 18.4 Å². The van der Waals surface area contributed by atoms with Gasteiger partial charge in [-0.25, -0.2) is 0 Å². The van der Waals surface area contributed by atoms with Crippen molar-refractivity contribution in [2.24, 2.45) is 11.8 Å². The second-order valence-electron chi connectivity index (χ2n) is 6.66. The van der Waals surface area contributed by atoms with Gasteiger partial charge < -0.3 is 14.8 Å². The molecule has 4 rings (SSSR count). The molecule has 120 valence electrons. The number of ether oxygens (including phenoxy) is 2. The summed E-state index contributed by atoms with van der Waals surface area (Å²) >= 11 is 6.39. The summed E-state index contributed by atoms with van der Waals surface area (Å²) in [6.45, 7) is 7.05. The maximum absolute atomic E-state index is 6.39. The Morgan fingerprint density at radius 1 is 1.18 bits per heavy atom. The summed E-state index contributed by atoms with van der Waals surface area (Å²) < 4.78 is 11.5. The first kappa shape index (κ1) is 14.6. The SMILES string of the molecule is Clc1cc(CN2CCC3CNCC3C2)cc2c1OCCCO2. The van der Waals surface area contributed by atoms with E-state index in [0.29, 0.717) is 24.0 Å². The number of rotatable bonds is 2. The van der Waals surface area contributed by atoms with E-state index in [1.54, 1.807) is 0 Å². The third-order valence-corrected chi connectivity index (χ3v) is 5.34. The second-order valence-corrected chi connectivity index (χ2v) is 7.06. The molecule has 0 radical (unpaired) electrons. The maximum atomic E-state index is 6.39. The average molecular weight is 323 g/mol. The van der Waals surface area contributed by atoms with Crippen LogP contribution in [-0.2, 0) is 6.54 Å². The number of benzene rings is 1. The van der Waals surface area contributed by atoms with E-state index in [-0.39, 0.29) is 0 Å². The van der Waals surface area contributed by atoms with Crippen LogP contribution in [0.15, 0.2) is 12.1 Å². The molecular weight excluding hydrogens is 300 g/mol. The zero-order chi connectivity index (χ0) is 14.9. The topological polar surface area (TPSA) is 33.7 Å². The Morgan fingerprint density at radius 3 is 3.00 bits per heavy atom. The van der Waals surface area contributed by atoms with Crippen molar-refractivity contribution in [2.45, 2.75) is 19.4 Å². The monoisotopic (exact) mass is 322 g/mol. The molecule has 0 bridgehead atoms. The Bertz CT molecular complexity index is 552. The van der Waals surface area contributed by atoms with Crippen LogP contribution in [0.25, 0.3) is 0 Å². The molecule has 2 fully saturated rings. The fourth-order valence-electron chi connectivity index (χ4n) is 3.89. The third-order valence-electron chi connectivity index (χ3n) is 5.06. The first-order chi connectivity index (χ1) is 10.8. The molecule has 3 aliphatic heterocycles. The molecule has 0 aromatic heterocycles. The number of halogens is 1. The summed E-state index contributed by atoms with van der Waals surface area (Å²) in [4.78, 5) is 2.55. The minimum atomic E-state index is 0.673. The number of hydrogen-bond donors (Lipinski definition) is 1. The highest BCUT2D eigenvalue weighted by Gasteiger charge is 2.32. The second kappa shape index (κ2) is 6.26. The molecular formula is C17H23ClN2O2. The van der Waals surface area contributed by atoms with Gasteiger partial charge in [-0.05, 0) is 55.6 Å². The van der Waals surface area contributed by atoms with Crippen LogP contribution in [0.2, 0.25) is 5.02 Å². The standard InChI is InChI=1S/C17H23ClN2O2/c18-15-6-12(7-16-17(15)22-5-1-4-21-16)10-20-3-2-13-8-19-9-14(13)11-20/h6-7,13-14,19H,1-5,8-11H2. The van der Waals surface area contributed by atoms with E-state index in [0.717, 1.165) is 30.6 Å². The fourth-order valence-corrected chi connectivity index (χ4v) is 4.18. The highest BCUT2D eigenvalue weighted by Crippen LogP contribution is 2.38. The number of hydrogen-bond acceptors (Lipinski definition) is 4. The molecule has 3 aliphatic rings. The zero-order valence-electron chi connectivity index (χ0n) is 12.8. The van der Waals surface area contributed by atoms with Gasteiger partial charge in [0.1, 0.15) is 0 Å². The number of likely N-dealkylation sites (tertiary alicyclic amines) is 1. The van der Waals surface area contributed by atoms with E-state index in [4.69, 9.17) is 21.1 Å². The van der Waals surface area contributed by atoms with Crippen LogP contribution in [0.4, 0.5) is 0 Å². The van der Waals surface area contributed by atoms with Gasteiger partial charge >= 0.3 is 0 Å². The van der Waals surface area contributed by atoms with Crippen LogP contribution in [0.5, 0.6) is 11.5 Å². The molecule has 1 N–H and O–H groups in total. The smallest absolute Gasteiger partial charge is 0.179 e. The van der Waals surface area contributed by atoms with E-state index < -0.39 is 0 Å². The fraction of sp³-hybridized carbons (Fsp3) is 0.647. The van der Waals surface area contributed by atoms with Gasteiger partial charge in [-0.3, -0.25) is 4.90 Å². The van der Waals surface area contributed by atoms with Gasteiger partial charge in [0.05, 0.1) is 18.2 Å². The molecule has 0 saturated carbocycles. The Hall–Kier alpha value is -0.970. The molecule has 4 nitrogen and oxygen atoms in total. The van der Waals surface area contributed by atoms with Crippen molar-refractivity contribution >= 4 is 11.6 Å². The van der Waals surface area contributed by atoms with Gasteiger partial charge in [0.25, 0.3) is 0 Å². The predicted octanol–water partition coefficient (Wildman–Crippen LogP) is 2.54. The molecule has 1 aromatic rings. The summed E-state index contributed by atoms with van der Waals surface area (Å²) in [5, 5.41) is 4.19. The zero-order valence-corrected chi connectivity index (χ0v) is 13.6. The van der Waals surface area contributed by atoms with Crippen molar-refractivity contribution in [3.05, 3.63) is 22.7 Å². The van der Waals surface area contributed by atoms with Gasteiger partial charge in [0, 0.05) is 19.5 Å². The van der Waals surface area contributed by atoms with Crippen molar-refractivity contribution in [1.82, 2.24) is 10.2 Å².